The van der Waals surface area contributed by atoms with Crippen LogP contribution < -0.4 is 5.32 Å². The molecule has 0 unspecified atom stereocenters. The summed E-state index contributed by atoms with van der Waals surface area (Å²) in [5, 5.41) is 3.13. The highest BCUT2D eigenvalue weighted by atomic mass is 32.2. The van der Waals surface area contributed by atoms with E-state index in [1.54, 1.807) is 11.8 Å². The van der Waals surface area contributed by atoms with Crippen molar-refractivity contribution in [1.82, 2.24) is 5.32 Å². The zero-order chi connectivity index (χ0) is 18.2. The Bertz CT molecular complexity index is 816. The highest BCUT2D eigenvalue weighted by molar-refractivity contribution is 7.98. The average molecular weight is 362 g/mol. The van der Waals surface area contributed by atoms with E-state index in [1.807, 2.05) is 60.7 Å². The van der Waals surface area contributed by atoms with Crippen LogP contribution in [0.4, 0.5) is 0 Å². The number of benzene rings is 3. The lowest BCUT2D eigenvalue weighted by molar-refractivity contribution is 0.0935. The Morgan fingerprint density at radius 1 is 0.885 bits per heavy atom. The third kappa shape index (κ3) is 4.99. The van der Waals surface area contributed by atoms with Crippen LogP contribution in [-0.4, -0.2) is 5.91 Å². The van der Waals surface area contributed by atoms with Gasteiger partial charge >= 0.3 is 0 Å². The lowest BCUT2D eigenvalue weighted by Crippen LogP contribution is -2.28. The van der Waals surface area contributed by atoms with Crippen LogP contribution in [0, 0.1) is 0 Å². The molecule has 0 radical (unpaired) electrons. The number of carbonyl (C=O) groups is 1. The van der Waals surface area contributed by atoms with Crippen LogP contribution in [0.3, 0.4) is 0 Å². The third-order valence-corrected chi connectivity index (χ3v) is 5.36. The van der Waals surface area contributed by atoms with Gasteiger partial charge in [-0.1, -0.05) is 67.6 Å². The molecule has 0 heterocycles. The Labute approximate surface area is 159 Å². The van der Waals surface area contributed by atoms with Crippen molar-refractivity contribution in [2.24, 2.45) is 0 Å². The van der Waals surface area contributed by atoms with Gasteiger partial charge in [0.05, 0.1) is 6.04 Å². The summed E-state index contributed by atoms with van der Waals surface area (Å²) < 4.78 is 0. The van der Waals surface area contributed by atoms with Gasteiger partial charge in [0.15, 0.2) is 0 Å². The van der Waals surface area contributed by atoms with Crippen molar-refractivity contribution in [1.29, 1.82) is 0 Å². The lowest BCUT2D eigenvalue weighted by Gasteiger charge is -2.17. The molecule has 1 amide bonds. The summed E-state index contributed by atoms with van der Waals surface area (Å²) in [4.78, 5) is 13.8. The third-order valence-electron chi connectivity index (χ3n) is 4.28. The van der Waals surface area contributed by atoms with Crippen LogP contribution in [0.25, 0.3) is 0 Å². The van der Waals surface area contributed by atoms with Crippen LogP contribution >= 0.6 is 11.8 Å². The van der Waals surface area contributed by atoms with Crippen LogP contribution in [-0.2, 0) is 5.75 Å². The van der Waals surface area contributed by atoms with Crippen molar-refractivity contribution in [3.05, 3.63) is 102 Å². The van der Waals surface area contributed by atoms with Gasteiger partial charge in [0.25, 0.3) is 5.91 Å². The molecule has 3 rings (SSSR count). The molecule has 3 aromatic carbocycles. The van der Waals surface area contributed by atoms with Crippen LogP contribution in [0.15, 0.2) is 89.8 Å². The van der Waals surface area contributed by atoms with E-state index < -0.39 is 0 Å². The summed E-state index contributed by atoms with van der Waals surface area (Å²) >= 11 is 1.80. The molecule has 0 fully saturated rings. The Kier molecular flexibility index (Phi) is 6.50. The highest BCUT2D eigenvalue weighted by Crippen LogP contribution is 2.22. The van der Waals surface area contributed by atoms with Gasteiger partial charge in [-0.2, -0.15) is 0 Å². The first-order valence-electron chi connectivity index (χ1n) is 8.89. The molecule has 0 aliphatic heterocycles. The fourth-order valence-electron chi connectivity index (χ4n) is 2.78. The molecule has 0 aromatic heterocycles. The maximum absolute atomic E-state index is 12.6. The van der Waals surface area contributed by atoms with Gasteiger partial charge in [0.1, 0.15) is 0 Å². The van der Waals surface area contributed by atoms with Gasteiger partial charge in [-0.25, -0.2) is 0 Å². The van der Waals surface area contributed by atoms with Gasteiger partial charge < -0.3 is 5.32 Å². The Morgan fingerprint density at radius 3 is 2.12 bits per heavy atom. The van der Waals surface area contributed by atoms with Gasteiger partial charge in [0, 0.05) is 16.2 Å². The largest absolute Gasteiger partial charge is 0.345 e. The molecule has 3 aromatic rings. The average Bonchev–Trinajstić information content (AvgIpc) is 2.72. The second kappa shape index (κ2) is 9.25. The summed E-state index contributed by atoms with van der Waals surface area (Å²) in [6, 6.07) is 28.4. The van der Waals surface area contributed by atoms with Crippen LogP contribution in [0.5, 0.6) is 0 Å². The van der Waals surface area contributed by atoms with E-state index in [2.05, 4.69) is 36.5 Å². The molecule has 26 heavy (non-hydrogen) atoms. The molecule has 0 aliphatic carbocycles. The molecule has 3 heteroatoms. The maximum Gasteiger partial charge on any atom is 0.251 e. The zero-order valence-corrected chi connectivity index (χ0v) is 15.7. The molecule has 0 aliphatic rings. The SMILES string of the molecule is CC[C@H](NC(=O)c1ccc(CSc2ccccc2)cc1)c1ccccc1. The minimum atomic E-state index is -0.0250. The molecule has 0 saturated heterocycles. The van der Waals surface area contributed by atoms with Crippen molar-refractivity contribution in [2.45, 2.75) is 30.0 Å². The molecule has 0 bridgehead atoms. The molecular weight excluding hydrogens is 338 g/mol. The summed E-state index contributed by atoms with van der Waals surface area (Å²) in [6.45, 7) is 2.09. The fraction of sp³-hybridized carbons (Fsp3) is 0.174. The van der Waals surface area contributed by atoms with Crippen molar-refractivity contribution in [3.63, 3.8) is 0 Å². The number of rotatable bonds is 7. The molecule has 0 saturated carbocycles. The number of carbonyl (C=O) groups excluding carboxylic acids is 1. The maximum atomic E-state index is 12.6. The summed E-state index contributed by atoms with van der Waals surface area (Å²) in [7, 11) is 0. The van der Waals surface area contributed by atoms with Crippen molar-refractivity contribution in [3.8, 4) is 0 Å². The van der Waals surface area contributed by atoms with Crippen molar-refractivity contribution < 1.29 is 4.79 Å². The van der Waals surface area contributed by atoms with E-state index in [4.69, 9.17) is 0 Å². The van der Waals surface area contributed by atoms with Gasteiger partial charge in [-0.15, -0.1) is 11.8 Å². The zero-order valence-electron chi connectivity index (χ0n) is 14.9. The van der Waals surface area contributed by atoms with Gasteiger partial charge in [0.2, 0.25) is 0 Å². The highest BCUT2D eigenvalue weighted by Gasteiger charge is 2.13. The number of thioether (sulfide) groups is 1. The predicted octanol–water partition coefficient (Wildman–Crippen LogP) is 5.86. The number of hydrogen-bond donors (Lipinski definition) is 1. The summed E-state index contributed by atoms with van der Waals surface area (Å²) in [5.74, 6) is 0.871. The first kappa shape index (κ1) is 18.3. The second-order valence-electron chi connectivity index (χ2n) is 6.14. The van der Waals surface area contributed by atoms with Crippen molar-refractivity contribution in [2.75, 3.05) is 0 Å². The van der Waals surface area contributed by atoms with E-state index >= 15 is 0 Å². The first-order chi connectivity index (χ1) is 12.8. The minimum Gasteiger partial charge on any atom is -0.345 e. The summed E-state index contributed by atoms with van der Waals surface area (Å²) in [5.41, 5.74) is 3.05. The minimum absolute atomic E-state index is 0.0250. The molecule has 0 spiro atoms. The molecule has 132 valence electrons. The van der Waals surface area contributed by atoms with E-state index in [1.165, 1.54) is 10.5 Å². The van der Waals surface area contributed by atoms with Crippen LogP contribution in [0.1, 0.15) is 40.9 Å². The molecule has 2 nitrogen and oxygen atoms in total. The molecular formula is C23H23NOS. The Balaban J connectivity index is 1.59. The molecule has 1 atom stereocenters. The van der Waals surface area contributed by atoms with E-state index in [0.717, 1.165) is 17.7 Å². The number of amides is 1. The standard InChI is InChI=1S/C23H23NOS/c1-2-22(19-9-5-3-6-10-19)24-23(25)20-15-13-18(14-16-20)17-26-21-11-7-4-8-12-21/h3-16,22H,2,17H2,1H3,(H,24,25)/t22-/m0/s1. The quantitative estimate of drug-likeness (QED) is 0.534. The normalized spacial score (nSPS) is 11.7. The van der Waals surface area contributed by atoms with Crippen molar-refractivity contribution >= 4 is 17.7 Å². The van der Waals surface area contributed by atoms with E-state index in [-0.39, 0.29) is 11.9 Å². The first-order valence-corrected chi connectivity index (χ1v) is 9.87. The molecule has 1 N–H and O–H groups in total. The second-order valence-corrected chi connectivity index (χ2v) is 7.19. The lowest BCUT2D eigenvalue weighted by atomic mass is 10.0. The van der Waals surface area contributed by atoms with Gasteiger partial charge in [-0.05, 0) is 41.8 Å². The Morgan fingerprint density at radius 2 is 1.50 bits per heavy atom. The van der Waals surface area contributed by atoms with Crippen LogP contribution in [0.2, 0.25) is 0 Å². The number of hydrogen-bond acceptors (Lipinski definition) is 2. The predicted molar refractivity (Wildman–Crippen MR) is 109 cm³/mol. The van der Waals surface area contributed by atoms with E-state index in [9.17, 15) is 4.79 Å². The van der Waals surface area contributed by atoms with Gasteiger partial charge in [-0.3, -0.25) is 4.79 Å². The fourth-order valence-corrected chi connectivity index (χ4v) is 3.66. The van der Waals surface area contributed by atoms with E-state index in [0.29, 0.717) is 5.56 Å². The monoisotopic (exact) mass is 361 g/mol. The topological polar surface area (TPSA) is 29.1 Å². The summed E-state index contributed by atoms with van der Waals surface area (Å²) in [6.07, 6.45) is 0.863. The number of nitrogens with one attached hydrogen (secondary N) is 1. The smallest absolute Gasteiger partial charge is 0.251 e. The Hall–Kier alpha value is -2.52.